The minimum absolute atomic E-state index is 0.0692. The predicted molar refractivity (Wildman–Crippen MR) is 88.6 cm³/mol. The van der Waals surface area contributed by atoms with E-state index in [0.717, 1.165) is 17.8 Å². The van der Waals surface area contributed by atoms with Crippen molar-refractivity contribution in [1.82, 2.24) is 0 Å². The van der Waals surface area contributed by atoms with Gasteiger partial charge in [-0.05, 0) is 35.2 Å². The third kappa shape index (κ3) is 3.35. The summed E-state index contributed by atoms with van der Waals surface area (Å²) in [4.78, 5) is 0. The molecule has 0 atom stereocenters. The van der Waals surface area contributed by atoms with Crippen LogP contribution in [0.3, 0.4) is 0 Å². The quantitative estimate of drug-likeness (QED) is 0.577. The van der Waals surface area contributed by atoms with Gasteiger partial charge in [-0.15, -0.1) is 0 Å². The predicted octanol–water partition coefficient (Wildman–Crippen LogP) is 4.73. The van der Waals surface area contributed by atoms with E-state index in [1.165, 1.54) is 16.3 Å². The van der Waals surface area contributed by atoms with Gasteiger partial charge in [-0.25, -0.2) is 0 Å². The summed E-state index contributed by atoms with van der Waals surface area (Å²) in [5.74, 6) is 1.02. The molecule has 0 heterocycles. The highest BCUT2D eigenvalue weighted by Gasteiger charge is 2.35. The fourth-order valence-corrected chi connectivity index (χ4v) is 5.33. The van der Waals surface area contributed by atoms with Gasteiger partial charge in [0.15, 0.2) is 7.38 Å². The highest BCUT2D eigenvalue weighted by molar-refractivity contribution is 7.27. The highest BCUT2D eigenvalue weighted by atomic mass is 35.6. The maximum atomic E-state index is 6.97. The lowest BCUT2D eigenvalue weighted by Gasteiger charge is -2.30. The zero-order chi connectivity index (χ0) is 14.8. The summed E-state index contributed by atoms with van der Waals surface area (Å²) in [7, 11) is -0.169. The maximum absolute atomic E-state index is 6.97. The second kappa shape index (κ2) is 5.88. The van der Waals surface area contributed by atoms with Gasteiger partial charge in [-0.3, -0.25) is 0 Å². The first-order chi connectivity index (χ1) is 8.69. The van der Waals surface area contributed by atoms with Crippen LogP contribution in [0.4, 0.5) is 0 Å². The minimum Gasteiger partial charge on any atom is -0.497 e. The van der Waals surface area contributed by atoms with Crippen LogP contribution in [0.25, 0.3) is 0 Å². The van der Waals surface area contributed by atoms with Crippen molar-refractivity contribution in [1.29, 1.82) is 0 Å². The van der Waals surface area contributed by atoms with E-state index in [-0.39, 0.29) is 5.41 Å². The number of hydrogen-bond donors (Lipinski definition) is 0. The molecule has 1 aromatic rings. The summed E-state index contributed by atoms with van der Waals surface area (Å²) in [5, 5.41) is 1.27. The second-order valence-electron chi connectivity index (χ2n) is 6.32. The lowest BCUT2D eigenvalue weighted by atomic mass is 9.85. The zero-order valence-corrected chi connectivity index (χ0v) is 15.1. The normalized spacial score (nSPS) is 12.6. The van der Waals surface area contributed by atoms with Crippen LogP contribution in [0, 0.1) is 6.92 Å². The molecule has 0 radical (unpaired) electrons. The Morgan fingerprint density at radius 3 is 2.05 bits per heavy atom. The molecule has 0 saturated carbocycles. The molecular weight excluding hydrogens is 272 g/mol. The number of benzene rings is 1. The van der Waals surface area contributed by atoms with E-state index in [4.69, 9.17) is 15.8 Å². The number of rotatable bonds is 4. The van der Waals surface area contributed by atoms with Crippen molar-refractivity contribution in [3.8, 4) is 5.75 Å². The van der Waals surface area contributed by atoms with Crippen LogP contribution in [0.1, 0.15) is 45.7 Å². The van der Waals surface area contributed by atoms with Gasteiger partial charge in [-0.2, -0.15) is 11.1 Å². The van der Waals surface area contributed by atoms with Crippen LogP contribution >= 0.6 is 11.1 Å². The van der Waals surface area contributed by atoms with E-state index < -0.39 is 7.38 Å². The molecule has 3 heteroatoms. The van der Waals surface area contributed by atoms with Crippen LogP contribution < -0.4 is 9.92 Å². The molecule has 0 unspecified atom stereocenters. The molecule has 108 valence electrons. The van der Waals surface area contributed by atoms with Crippen LogP contribution in [-0.4, -0.2) is 14.5 Å². The third-order valence-electron chi connectivity index (χ3n) is 3.85. The zero-order valence-electron chi connectivity index (χ0n) is 13.4. The van der Waals surface area contributed by atoms with Gasteiger partial charge >= 0.3 is 0 Å². The molecule has 0 aliphatic heterocycles. The summed E-state index contributed by atoms with van der Waals surface area (Å²) < 4.78 is 5.76. The first-order valence-electron chi connectivity index (χ1n) is 7.08. The molecule has 0 aliphatic rings. The van der Waals surface area contributed by atoms with E-state index in [9.17, 15) is 0 Å². The van der Waals surface area contributed by atoms with E-state index >= 15 is 0 Å². The highest BCUT2D eigenvalue weighted by Crippen LogP contribution is 2.34. The van der Waals surface area contributed by atoms with Crippen molar-refractivity contribution < 1.29 is 4.74 Å². The van der Waals surface area contributed by atoms with Gasteiger partial charge in [0.2, 0.25) is 0 Å². The largest absolute Gasteiger partial charge is 0.497 e. The third-order valence-corrected chi connectivity index (χ3v) is 9.64. The molecule has 19 heavy (non-hydrogen) atoms. The Morgan fingerprint density at radius 1 is 1.16 bits per heavy atom. The Labute approximate surface area is 124 Å². The summed E-state index contributed by atoms with van der Waals surface area (Å²) in [5.41, 5.74) is 2.62. The van der Waals surface area contributed by atoms with Crippen LogP contribution in [0.15, 0.2) is 12.1 Å². The van der Waals surface area contributed by atoms with Gasteiger partial charge in [0.05, 0.1) is 7.11 Å². The minimum atomic E-state index is -1.93. The number of ether oxygens (including phenoxy) is 1. The van der Waals surface area contributed by atoms with E-state index in [1.54, 1.807) is 7.11 Å². The first-order valence-corrected chi connectivity index (χ1v) is 10.5. The Morgan fingerprint density at radius 2 is 1.68 bits per heavy atom. The maximum Gasteiger partial charge on any atom is 0.190 e. The van der Waals surface area contributed by atoms with E-state index in [0.29, 0.717) is 0 Å². The lowest BCUT2D eigenvalue weighted by Crippen LogP contribution is -2.42. The van der Waals surface area contributed by atoms with Gasteiger partial charge in [-0.1, -0.05) is 52.3 Å². The average Bonchev–Trinajstić information content (AvgIpc) is 2.35. The van der Waals surface area contributed by atoms with Crippen LogP contribution in [0.2, 0.25) is 12.1 Å². The molecule has 1 rings (SSSR count). The van der Waals surface area contributed by atoms with Gasteiger partial charge in [0, 0.05) is 0 Å². The smallest absolute Gasteiger partial charge is 0.190 e. The number of hydrogen-bond acceptors (Lipinski definition) is 1. The van der Waals surface area contributed by atoms with Crippen molar-refractivity contribution in [2.45, 2.75) is 59.0 Å². The molecule has 0 aromatic heterocycles. The Balaban J connectivity index is 3.61. The molecular formula is C16H27ClOSi. The topological polar surface area (TPSA) is 9.23 Å². The fourth-order valence-electron chi connectivity index (χ4n) is 2.51. The molecule has 0 spiro atoms. The molecule has 0 bridgehead atoms. The van der Waals surface area contributed by atoms with E-state index in [2.05, 4.69) is 53.7 Å². The van der Waals surface area contributed by atoms with Crippen molar-refractivity contribution in [2.24, 2.45) is 0 Å². The molecule has 0 fully saturated rings. The SMILES string of the molecule is CC[Si](Cl)(CC)c1cc(C)cc(C(C)(C)C)c1OC. The summed E-state index contributed by atoms with van der Waals surface area (Å²) >= 11 is 6.97. The summed E-state index contributed by atoms with van der Waals surface area (Å²) in [6.45, 7) is 13.2. The average molecular weight is 299 g/mol. The van der Waals surface area contributed by atoms with Crippen LogP contribution in [-0.2, 0) is 5.41 Å². The van der Waals surface area contributed by atoms with E-state index in [1.807, 2.05) is 0 Å². The molecule has 0 saturated heterocycles. The monoisotopic (exact) mass is 298 g/mol. The summed E-state index contributed by atoms with van der Waals surface area (Å²) in [6, 6.07) is 6.54. The lowest BCUT2D eigenvalue weighted by molar-refractivity contribution is 0.400. The summed E-state index contributed by atoms with van der Waals surface area (Å²) in [6.07, 6.45) is 0. The van der Waals surface area contributed by atoms with Crippen molar-refractivity contribution in [3.63, 3.8) is 0 Å². The van der Waals surface area contributed by atoms with Gasteiger partial charge in [0.1, 0.15) is 5.75 Å². The fraction of sp³-hybridized carbons (Fsp3) is 0.625. The standard InChI is InChI=1S/C16H27ClOSi/c1-8-19(17,9-2)14-11-12(3)10-13(15(14)18-7)16(4,5)6/h10-11H,8-9H2,1-7H3. The second-order valence-corrected chi connectivity index (χ2v) is 12.4. The van der Waals surface area contributed by atoms with Crippen molar-refractivity contribution >= 4 is 23.6 Å². The molecule has 1 aromatic carbocycles. The van der Waals surface area contributed by atoms with Crippen molar-refractivity contribution in [2.75, 3.05) is 7.11 Å². The van der Waals surface area contributed by atoms with Gasteiger partial charge in [0.25, 0.3) is 0 Å². The Kier molecular flexibility index (Phi) is 5.13. The number of halogens is 1. The molecule has 0 N–H and O–H groups in total. The Bertz CT molecular complexity index is 445. The number of aryl methyl sites for hydroxylation is 1. The van der Waals surface area contributed by atoms with Gasteiger partial charge < -0.3 is 4.74 Å². The first kappa shape index (κ1) is 16.6. The molecule has 0 aliphatic carbocycles. The molecule has 1 nitrogen and oxygen atoms in total. The molecule has 0 amide bonds. The number of methoxy groups -OCH3 is 1. The van der Waals surface area contributed by atoms with Crippen LogP contribution in [0.5, 0.6) is 5.75 Å². The Hall–Kier alpha value is -0.473. The van der Waals surface area contributed by atoms with Crippen molar-refractivity contribution in [3.05, 3.63) is 23.3 Å².